The van der Waals surface area contributed by atoms with E-state index in [-0.39, 0.29) is 5.91 Å². The number of amides is 1. The molecule has 0 saturated heterocycles. The maximum Gasteiger partial charge on any atom is 0.251 e. The van der Waals surface area contributed by atoms with Gasteiger partial charge in [-0.05, 0) is 42.3 Å². The highest BCUT2D eigenvalue weighted by atomic mass is 16.1. The lowest BCUT2D eigenvalue weighted by molar-refractivity contribution is 0.0951. The van der Waals surface area contributed by atoms with Gasteiger partial charge in [0.05, 0.1) is 6.54 Å². The first kappa shape index (κ1) is 14.8. The summed E-state index contributed by atoms with van der Waals surface area (Å²) >= 11 is 0. The molecule has 0 aromatic heterocycles. The molecule has 0 aliphatic rings. The molecule has 0 spiro atoms. The zero-order valence-corrected chi connectivity index (χ0v) is 12.0. The zero-order valence-electron chi connectivity index (χ0n) is 12.0. The van der Waals surface area contributed by atoms with Gasteiger partial charge in [0.25, 0.3) is 5.91 Å². The molecule has 0 atom stereocenters. The summed E-state index contributed by atoms with van der Waals surface area (Å²) in [6.07, 6.45) is 0. The highest BCUT2D eigenvalue weighted by molar-refractivity contribution is 5.94. The number of aryl methyl sites for hydroxylation is 1. The fraction of sp³-hybridized carbons (Fsp3) is 0.167. The SMILES string of the molecule is Cc1ccccc1CNC(=O)c1ccc(C#CCN)cc1. The van der Waals surface area contributed by atoms with Crippen LogP contribution < -0.4 is 11.1 Å². The maximum absolute atomic E-state index is 12.1. The summed E-state index contributed by atoms with van der Waals surface area (Å²) in [5, 5.41) is 2.92. The van der Waals surface area contributed by atoms with Crippen LogP contribution in [-0.4, -0.2) is 12.5 Å². The molecule has 0 fully saturated rings. The second-order valence-corrected chi connectivity index (χ2v) is 4.69. The molecule has 2 aromatic rings. The Kier molecular flexibility index (Phi) is 5.14. The van der Waals surface area contributed by atoms with Crippen LogP contribution in [0, 0.1) is 18.8 Å². The van der Waals surface area contributed by atoms with Crippen molar-refractivity contribution >= 4 is 5.91 Å². The van der Waals surface area contributed by atoms with E-state index in [1.165, 1.54) is 5.56 Å². The maximum atomic E-state index is 12.1. The molecule has 0 heterocycles. The van der Waals surface area contributed by atoms with Crippen LogP contribution in [0.3, 0.4) is 0 Å². The molecule has 106 valence electrons. The molecule has 0 unspecified atom stereocenters. The molecular weight excluding hydrogens is 260 g/mol. The second-order valence-electron chi connectivity index (χ2n) is 4.69. The lowest BCUT2D eigenvalue weighted by atomic mass is 10.1. The van der Waals surface area contributed by atoms with E-state index in [1.54, 1.807) is 12.1 Å². The van der Waals surface area contributed by atoms with Gasteiger partial charge in [-0.3, -0.25) is 4.79 Å². The van der Waals surface area contributed by atoms with Crippen LogP contribution in [0.1, 0.15) is 27.0 Å². The predicted octanol–water partition coefficient (Wildman–Crippen LogP) is 2.24. The van der Waals surface area contributed by atoms with Gasteiger partial charge in [0.1, 0.15) is 0 Å². The van der Waals surface area contributed by atoms with E-state index in [0.717, 1.165) is 11.1 Å². The Morgan fingerprint density at radius 1 is 1.14 bits per heavy atom. The average molecular weight is 278 g/mol. The molecule has 3 N–H and O–H groups in total. The number of nitrogens with two attached hydrogens (primary N) is 1. The third-order valence-electron chi connectivity index (χ3n) is 3.18. The Morgan fingerprint density at radius 2 is 1.86 bits per heavy atom. The summed E-state index contributed by atoms with van der Waals surface area (Å²) in [6.45, 7) is 2.89. The Hall–Kier alpha value is -2.57. The number of hydrogen-bond acceptors (Lipinski definition) is 2. The molecular formula is C18H18N2O. The fourth-order valence-electron chi connectivity index (χ4n) is 1.94. The Bertz CT molecular complexity index is 678. The van der Waals surface area contributed by atoms with Crippen molar-refractivity contribution in [3.63, 3.8) is 0 Å². The lowest BCUT2D eigenvalue weighted by Gasteiger charge is -2.08. The van der Waals surface area contributed by atoms with Crippen molar-refractivity contribution in [3.8, 4) is 11.8 Å². The monoisotopic (exact) mass is 278 g/mol. The van der Waals surface area contributed by atoms with Gasteiger partial charge in [-0.25, -0.2) is 0 Å². The van der Waals surface area contributed by atoms with Crippen LogP contribution in [0.4, 0.5) is 0 Å². The van der Waals surface area contributed by atoms with Gasteiger partial charge in [-0.15, -0.1) is 0 Å². The second kappa shape index (κ2) is 7.28. The number of carbonyl (C=O) groups excluding carboxylic acids is 1. The van der Waals surface area contributed by atoms with Crippen LogP contribution in [0.25, 0.3) is 0 Å². The molecule has 2 rings (SSSR count). The highest BCUT2D eigenvalue weighted by Gasteiger charge is 2.05. The number of benzene rings is 2. The number of nitrogens with one attached hydrogen (secondary N) is 1. The largest absolute Gasteiger partial charge is 0.348 e. The van der Waals surface area contributed by atoms with E-state index < -0.39 is 0 Å². The number of hydrogen-bond donors (Lipinski definition) is 2. The molecule has 0 radical (unpaired) electrons. The van der Waals surface area contributed by atoms with Gasteiger partial charge in [0.2, 0.25) is 0 Å². The Morgan fingerprint density at radius 3 is 2.52 bits per heavy atom. The first-order chi connectivity index (χ1) is 10.2. The van der Waals surface area contributed by atoms with E-state index in [1.807, 2.05) is 43.3 Å². The van der Waals surface area contributed by atoms with Crippen molar-refractivity contribution in [2.45, 2.75) is 13.5 Å². The minimum atomic E-state index is -0.0865. The van der Waals surface area contributed by atoms with E-state index >= 15 is 0 Å². The molecule has 21 heavy (non-hydrogen) atoms. The van der Waals surface area contributed by atoms with Crippen LogP contribution >= 0.6 is 0 Å². The lowest BCUT2D eigenvalue weighted by Crippen LogP contribution is -2.23. The van der Waals surface area contributed by atoms with Gasteiger partial charge < -0.3 is 11.1 Å². The third-order valence-corrected chi connectivity index (χ3v) is 3.18. The zero-order chi connectivity index (χ0) is 15.1. The summed E-state index contributed by atoms with van der Waals surface area (Å²) in [5.41, 5.74) is 9.10. The molecule has 0 bridgehead atoms. The molecule has 0 aliphatic heterocycles. The molecule has 0 aliphatic carbocycles. The molecule has 2 aromatic carbocycles. The van der Waals surface area contributed by atoms with Crippen LogP contribution in [0.15, 0.2) is 48.5 Å². The standard InChI is InChI=1S/C18H18N2O/c1-14-5-2-3-7-17(14)13-20-18(21)16-10-8-15(9-11-16)6-4-12-19/h2-3,5,7-11H,12-13,19H2,1H3,(H,20,21). The normalized spacial score (nSPS) is 9.62. The quantitative estimate of drug-likeness (QED) is 0.846. The minimum absolute atomic E-state index is 0.0865. The van der Waals surface area contributed by atoms with E-state index in [9.17, 15) is 4.79 Å². The van der Waals surface area contributed by atoms with Gasteiger partial charge in [-0.1, -0.05) is 36.1 Å². The van der Waals surface area contributed by atoms with Crippen molar-refractivity contribution in [3.05, 3.63) is 70.8 Å². The average Bonchev–Trinajstić information content (AvgIpc) is 2.52. The summed E-state index contributed by atoms with van der Waals surface area (Å²) in [5.74, 6) is 5.63. The number of rotatable bonds is 3. The summed E-state index contributed by atoms with van der Waals surface area (Å²) < 4.78 is 0. The number of carbonyl (C=O) groups is 1. The summed E-state index contributed by atoms with van der Waals surface area (Å²) in [6, 6.07) is 15.2. The highest BCUT2D eigenvalue weighted by Crippen LogP contribution is 2.08. The first-order valence-electron chi connectivity index (χ1n) is 6.82. The smallest absolute Gasteiger partial charge is 0.251 e. The molecule has 0 saturated carbocycles. The summed E-state index contributed by atoms with van der Waals surface area (Å²) in [7, 11) is 0. The third kappa shape index (κ3) is 4.20. The van der Waals surface area contributed by atoms with Crippen molar-refractivity contribution in [1.29, 1.82) is 0 Å². The van der Waals surface area contributed by atoms with Gasteiger partial charge in [-0.2, -0.15) is 0 Å². The van der Waals surface area contributed by atoms with Crippen LogP contribution in [0.2, 0.25) is 0 Å². The van der Waals surface area contributed by atoms with E-state index in [2.05, 4.69) is 17.2 Å². The van der Waals surface area contributed by atoms with Crippen molar-refractivity contribution in [2.75, 3.05) is 6.54 Å². The van der Waals surface area contributed by atoms with Crippen molar-refractivity contribution < 1.29 is 4.79 Å². The summed E-state index contributed by atoms with van der Waals surface area (Å²) in [4.78, 5) is 12.1. The first-order valence-corrected chi connectivity index (χ1v) is 6.82. The van der Waals surface area contributed by atoms with Gasteiger partial charge in [0, 0.05) is 17.7 Å². The van der Waals surface area contributed by atoms with Gasteiger partial charge in [0.15, 0.2) is 0 Å². The Balaban J connectivity index is 1.99. The topological polar surface area (TPSA) is 55.1 Å². The minimum Gasteiger partial charge on any atom is -0.348 e. The fourth-order valence-corrected chi connectivity index (χ4v) is 1.94. The Labute approximate surface area is 125 Å². The molecule has 3 nitrogen and oxygen atoms in total. The van der Waals surface area contributed by atoms with Gasteiger partial charge >= 0.3 is 0 Å². The molecule has 1 amide bonds. The van der Waals surface area contributed by atoms with Crippen LogP contribution in [0.5, 0.6) is 0 Å². The van der Waals surface area contributed by atoms with Crippen molar-refractivity contribution in [2.24, 2.45) is 5.73 Å². The molecule has 3 heteroatoms. The van der Waals surface area contributed by atoms with Crippen molar-refractivity contribution in [1.82, 2.24) is 5.32 Å². The van der Waals surface area contributed by atoms with E-state index in [0.29, 0.717) is 18.7 Å². The predicted molar refractivity (Wildman–Crippen MR) is 84.7 cm³/mol. The van der Waals surface area contributed by atoms with Crippen LogP contribution in [-0.2, 0) is 6.54 Å². The van der Waals surface area contributed by atoms with E-state index in [4.69, 9.17) is 5.73 Å².